The predicted octanol–water partition coefficient (Wildman–Crippen LogP) is 2.48. The standard InChI is InChI=1S/C16H14F3N3O2S/c17-16(18,19)14(23)10-7-25-13-4-20-11(3-9(10)13)15(24)21-12-6-22-2-1-8(12)5-22/h3-4,7-8,12H,1-2,5-6H2,(H,21,24)/t8-,12?/m0/s1. The van der Waals surface area contributed by atoms with Crippen molar-refractivity contribution in [2.24, 2.45) is 5.92 Å². The lowest BCUT2D eigenvalue weighted by molar-refractivity contribution is -0.0883. The van der Waals surface area contributed by atoms with Crippen LogP contribution in [-0.2, 0) is 0 Å². The van der Waals surface area contributed by atoms with E-state index in [0.29, 0.717) is 10.6 Å². The maximum Gasteiger partial charge on any atom is 0.454 e. The van der Waals surface area contributed by atoms with Gasteiger partial charge < -0.3 is 10.2 Å². The fourth-order valence-corrected chi connectivity index (χ4v) is 4.46. The molecule has 5 nitrogen and oxygen atoms in total. The van der Waals surface area contributed by atoms with Gasteiger partial charge in [-0.25, -0.2) is 4.98 Å². The first-order valence-electron chi connectivity index (χ1n) is 7.85. The molecule has 2 fully saturated rings. The zero-order valence-electron chi connectivity index (χ0n) is 13.0. The number of thiophene rings is 1. The molecule has 1 N–H and O–H groups in total. The lowest BCUT2D eigenvalue weighted by Crippen LogP contribution is -2.43. The number of Topliss-reactive ketones (excluding diaryl/α,β-unsaturated/α-hetero) is 1. The van der Waals surface area contributed by atoms with Crippen molar-refractivity contribution in [3.8, 4) is 0 Å². The van der Waals surface area contributed by atoms with Crippen LogP contribution in [0.4, 0.5) is 13.2 Å². The molecule has 3 atom stereocenters. The zero-order chi connectivity index (χ0) is 17.8. The molecule has 1 amide bonds. The second kappa shape index (κ2) is 5.77. The van der Waals surface area contributed by atoms with E-state index in [1.54, 1.807) is 0 Å². The first-order chi connectivity index (χ1) is 11.8. The van der Waals surface area contributed by atoms with E-state index < -0.39 is 23.4 Å². The summed E-state index contributed by atoms with van der Waals surface area (Å²) in [6.07, 6.45) is -2.57. The van der Waals surface area contributed by atoms with Crippen LogP contribution in [0.15, 0.2) is 17.6 Å². The van der Waals surface area contributed by atoms with E-state index in [9.17, 15) is 22.8 Å². The molecule has 0 spiro atoms. The maximum atomic E-state index is 12.7. The molecule has 0 aliphatic carbocycles. The number of aromatic nitrogens is 1. The Morgan fingerprint density at radius 2 is 2.12 bits per heavy atom. The van der Waals surface area contributed by atoms with E-state index in [1.165, 1.54) is 12.3 Å². The molecule has 132 valence electrons. The highest BCUT2D eigenvalue weighted by molar-refractivity contribution is 7.17. The molecule has 2 aromatic rings. The fourth-order valence-electron chi connectivity index (χ4n) is 3.58. The van der Waals surface area contributed by atoms with Gasteiger partial charge in [0.1, 0.15) is 5.69 Å². The van der Waals surface area contributed by atoms with Crippen molar-refractivity contribution in [3.05, 3.63) is 28.9 Å². The summed E-state index contributed by atoms with van der Waals surface area (Å²) in [5.74, 6) is -1.91. The summed E-state index contributed by atoms with van der Waals surface area (Å²) in [5.41, 5.74) is -0.408. The number of nitrogens with one attached hydrogen (secondary N) is 1. The largest absolute Gasteiger partial charge is 0.454 e. The van der Waals surface area contributed by atoms with Crippen molar-refractivity contribution >= 4 is 33.1 Å². The van der Waals surface area contributed by atoms with E-state index in [2.05, 4.69) is 15.2 Å². The van der Waals surface area contributed by atoms with E-state index in [-0.39, 0.29) is 17.1 Å². The molecular weight excluding hydrogens is 355 g/mol. The number of rotatable bonds is 3. The average molecular weight is 369 g/mol. The minimum atomic E-state index is -4.95. The maximum absolute atomic E-state index is 12.7. The predicted molar refractivity (Wildman–Crippen MR) is 85.8 cm³/mol. The van der Waals surface area contributed by atoms with Crippen molar-refractivity contribution in [2.45, 2.75) is 18.6 Å². The summed E-state index contributed by atoms with van der Waals surface area (Å²) < 4.78 is 38.6. The summed E-state index contributed by atoms with van der Waals surface area (Å²) in [7, 11) is 0. The van der Waals surface area contributed by atoms with Gasteiger partial charge in [-0.15, -0.1) is 11.3 Å². The van der Waals surface area contributed by atoms with Crippen LogP contribution in [0.3, 0.4) is 0 Å². The van der Waals surface area contributed by atoms with Crippen molar-refractivity contribution in [2.75, 3.05) is 19.6 Å². The normalized spacial score (nSPS) is 25.5. The molecular formula is C16H14F3N3O2S. The first kappa shape index (κ1) is 16.5. The van der Waals surface area contributed by atoms with Gasteiger partial charge in [0.15, 0.2) is 0 Å². The minimum absolute atomic E-state index is 0.0277. The smallest absolute Gasteiger partial charge is 0.346 e. The summed E-state index contributed by atoms with van der Waals surface area (Å²) >= 11 is 1.000. The van der Waals surface area contributed by atoms with Crippen LogP contribution in [0.25, 0.3) is 10.1 Å². The van der Waals surface area contributed by atoms with E-state index in [4.69, 9.17) is 0 Å². The second-order valence-corrected chi connectivity index (χ2v) is 7.34. The van der Waals surface area contributed by atoms with E-state index in [0.717, 1.165) is 42.8 Å². The first-order valence-corrected chi connectivity index (χ1v) is 8.73. The number of carbonyl (C=O) groups excluding carboxylic acids is 2. The average Bonchev–Trinajstić information content (AvgIpc) is 3.27. The molecule has 2 saturated heterocycles. The van der Waals surface area contributed by atoms with Crippen LogP contribution in [0, 0.1) is 5.92 Å². The quantitative estimate of drug-likeness (QED) is 0.845. The highest BCUT2D eigenvalue weighted by atomic mass is 32.1. The van der Waals surface area contributed by atoms with Gasteiger partial charge >= 0.3 is 6.18 Å². The molecule has 4 heterocycles. The van der Waals surface area contributed by atoms with Gasteiger partial charge in [0.2, 0.25) is 0 Å². The number of fused-ring (bicyclic) bond motifs is 3. The monoisotopic (exact) mass is 369 g/mol. The molecule has 0 aromatic carbocycles. The van der Waals surface area contributed by atoms with Crippen molar-refractivity contribution in [3.63, 3.8) is 0 Å². The SMILES string of the molecule is O=C(NC1CN2CC[C@H]1C2)c1cc2c(C(=O)C(F)(F)F)csc2cn1. The van der Waals surface area contributed by atoms with Crippen LogP contribution < -0.4 is 5.32 Å². The lowest BCUT2D eigenvalue weighted by Gasteiger charge is -2.22. The molecule has 9 heteroatoms. The van der Waals surface area contributed by atoms with Gasteiger partial charge in [0.25, 0.3) is 11.7 Å². The molecule has 0 saturated carbocycles. The number of carbonyl (C=O) groups is 2. The number of halogens is 3. The third kappa shape index (κ3) is 2.91. The fraction of sp³-hybridized carbons (Fsp3) is 0.438. The van der Waals surface area contributed by atoms with Crippen LogP contribution in [0.1, 0.15) is 27.3 Å². The van der Waals surface area contributed by atoms with E-state index in [1.807, 2.05) is 0 Å². The van der Waals surface area contributed by atoms with E-state index >= 15 is 0 Å². The van der Waals surface area contributed by atoms with Gasteiger partial charge in [-0.3, -0.25) is 9.59 Å². The number of pyridine rings is 1. The van der Waals surface area contributed by atoms with Crippen LogP contribution in [0.2, 0.25) is 0 Å². The number of nitrogens with zero attached hydrogens (tertiary/aromatic N) is 2. The lowest BCUT2D eigenvalue weighted by atomic mass is 10.00. The number of amides is 1. The topological polar surface area (TPSA) is 62.3 Å². The number of alkyl halides is 3. The molecule has 25 heavy (non-hydrogen) atoms. The number of hydrogen-bond donors (Lipinski definition) is 1. The summed E-state index contributed by atoms with van der Waals surface area (Å²) in [6, 6.07) is 1.31. The summed E-state index contributed by atoms with van der Waals surface area (Å²) in [6.45, 7) is 2.79. The number of hydrogen-bond acceptors (Lipinski definition) is 5. The Kier molecular flexibility index (Phi) is 3.80. The summed E-state index contributed by atoms with van der Waals surface area (Å²) in [4.78, 5) is 30.3. The van der Waals surface area contributed by atoms with Crippen LogP contribution in [0.5, 0.6) is 0 Å². The minimum Gasteiger partial charge on any atom is -0.346 e. The molecule has 2 aliphatic rings. The van der Waals surface area contributed by atoms with Crippen LogP contribution >= 0.6 is 11.3 Å². The Hall–Kier alpha value is -2.00. The van der Waals surface area contributed by atoms with Crippen molar-refractivity contribution in [1.29, 1.82) is 0 Å². The highest BCUT2D eigenvalue weighted by Gasteiger charge is 2.41. The molecule has 2 bridgehead atoms. The molecule has 2 unspecified atom stereocenters. The van der Waals surface area contributed by atoms with Gasteiger partial charge in [-0.1, -0.05) is 0 Å². The number of piperidine rings is 1. The molecule has 0 radical (unpaired) electrons. The highest BCUT2D eigenvalue weighted by Crippen LogP contribution is 2.32. The second-order valence-electron chi connectivity index (χ2n) is 6.43. The molecule has 2 aromatic heterocycles. The molecule has 2 aliphatic heterocycles. The van der Waals surface area contributed by atoms with Gasteiger partial charge in [-0.05, 0) is 24.9 Å². The Bertz CT molecular complexity index is 864. The Balaban J connectivity index is 1.60. The Morgan fingerprint density at radius 3 is 2.76 bits per heavy atom. The third-order valence-corrected chi connectivity index (χ3v) is 5.78. The Labute approximate surface area is 144 Å². The Morgan fingerprint density at radius 1 is 1.32 bits per heavy atom. The summed E-state index contributed by atoms with van der Waals surface area (Å²) in [5, 5.41) is 4.19. The number of ketones is 1. The zero-order valence-corrected chi connectivity index (χ0v) is 13.8. The van der Waals surface area contributed by atoms with Crippen molar-refractivity contribution < 1.29 is 22.8 Å². The van der Waals surface area contributed by atoms with Gasteiger partial charge in [-0.2, -0.15) is 13.2 Å². The van der Waals surface area contributed by atoms with Crippen molar-refractivity contribution in [1.82, 2.24) is 15.2 Å². The third-order valence-electron chi connectivity index (χ3n) is 4.85. The van der Waals surface area contributed by atoms with Crippen LogP contribution in [-0.4, -0.2) is 53.4 Å². The molecule has 4 rings (SSSR count). The van der Waals surface area contributed by atoms with Gasteiger partial charge in [0.05, 0.1) is 4.70 Å². The van der Waals surface area contributed by atoms with Gasteiger partial charge in [0, 0.05) is 41.7 Å².